The summed E-state index contributed by atoms with van der Waals surface area (Å²) in [5.41, 5.74) is 1.37. The Bertz CT molecular complexity index is 190. The van der Waals surface area contributed by atoms with Crippen LogP contribution in [0.2, 0.25) is 0 Å². The van der Waals surface area contributed by atoms with Crippen LogP contribution in [-0.4, -0.2) is 22.6 Å². The Kier molecular flexibility index (Phi) is 5.05. The highest BCUT2D eigenvalue weighted by atomic mass is 15.4. The molecule has 0 N–H and O–H groups in total. The summed E-state index contributed by atoms with van der Waals surface area (Å²) in [4.78, 5) is 0. The lowest BCUT2D eigenvalue weighted by Gasteiger charge is -2.51. The van der Waals surface area contributed by atoms with Gasteiger partial charge in [0.2, 0.25) is 0 Å². The highest BCUT2D eigenvalue weighted by Gasteiger charge is 2.41. The van der Waals surface area contributed by atoms with Gasteiger partial charge in [-0.25, -0.2) is 0 Å². The van der Waals surface area contributed by atoms with Crippen LogP contribution in [0, 0.1) is 5.92 Å². The van der Waals surface area contributed by atoms with Gasteiger partial charge in [-0.3, -0.25) is 4.48 Å². The summed E-state index contributed by atoms with van der Waals surface area (Å²) < 4.78 is 1.04. The number of quaternary nitrogens is 1. The first-order valence-electron chi connectivity index (χ1n) is 6.26. The van der Waals surface area contributed by atoms with Gasteiger partial charge in [-0.1, -0.05) is 13.8 Å². The molecule has 0 aliphatic rings. The molecule has 0 saturated heterocycles. The highest BCUT2D eigenvalue weighted by molar-refractivity contribution is 4.91. The Morgan fingerprint density at radius 3 is 1.07 bits per heavy atom. The first-order chi connectivity index (χ1) is 6.68. The van der Waals surface area contributed by atoms with Gasteiger partial charge < -0.3 is 0 Å². The maximum Gasteiger partial charge on any atom is 0.105 e. The second-order valence-electron chi connectivity index (χ2n) is 5.76. The van der Waals surface area contributed by atoms with E-state index in [4.69, 9.17) is 0 Å². The van der Waals surface area contributed by atoms with Crippen molar-refractivity contribution in [2.24, 2.45) is 5.92 Å². The number of allylic oxidation sites excluding steroid dienone is 1. The van der Waals surface area contributed by atoms with Crippen LogP contribution in [0.1, 0.15) is 55.4 Å². The average Bonchev–Trinajstić information content (AvgIpc) is 2.02. The molecule has 0 aromatic rings. The molecule has 0 aliphatic carbocycles. The van der Waals surface area contributed by atoms with Crippen molar-refractivity contribution in [3.05, 3.63) is 12.3 Å². The van der Waals surface area contributed by atoms with E-state index in [0.29, 0.717) is 24.0 Å². The van der Waals surface area contributed by atoms with Gasteiger partial charge in [0.05, 0.1) is 18.1 Å². The van der Waals surface area contributed by atoms with Gasteiger partial charge in [-0.15, -0.1) is 0 Å². The number of nitrogens with zero attached hydrogens (tertiary/aromatic N) is 1. The van der Waals surface area contributed by atoms with E-state index in [1.165, 1.54) is 5.70 Å². The van der Waals surface area contributed by atoms with Crippen LogP contribution in [0.25, 0.3) is 0 Å². The van der Waals surface area contributed by atoms with E-state index in [0.717, 1.165) is 4.48 Å². The van der Waals surface area contributed by atoms with Gasteiger partial charge in [0.1, 0.15) is 5.70 Å². The lowest BCUT2D eigenvalue weighted by Crippen LogP contribution is -2.61. The van der Waals surface area contributed by atoms with E-state index in [1.807, 2.05) is 0 Å². The summed E-state index contributed by atoms with van der Waals surface area (Å²) in [5, 5.41) is 0. The minimum absolute atomic E-state index is 0.553. The standard InChI is InChI=1S/C14H30N/c1-10(2)14(9)15(11(3)4,12(5)6)13(7)8/h10-13H,9H2,1-8H3/q+1. The fourth-order valence-corrected chi connectivity index (χ4v) is 3.23. The smallest absolute Gasteiger partial charge is 0.105 e. The molecule has 0 spiro atoms. The Hall–Kier alpha value is -0.300. The highest BCUT2D eigenvalue weighted by Crippen LogP contribution is 2.34. The fourth-order valence-electron chi connectivity index (χ4n) is 3.23. The molecule has 0 fully saturated rings. The number of rotatable bonds is 5. The summed E-state index contributed by atoms with van der Waals surface area (Å²) in [6.07, 6.45) is 0. The van der Waals surface area contributed by atoms with Gasteiger partial charge >= 0.3 is 0 Å². The first kappa shape index (κ1) is 14.7. The Morgan fingerprint density at radius 1 is 0.733 bits per heavy atom. The lowest BCUT2D eigenvalue weighted by molar-refractivity contribution is -0.954. The van der Waals surface area contributed by atoms with E-state index < -0.39 is 0 Å². The molecule has 0 bridgehead atoms. The van der Waals surface area contributed by atoms with Gasteiger partial charge in [0, 0.05) is 5.92 Å². The molecule has 0 atom stereocenters. The molecule has 0 rings (SSSR count). The fraction of sp³-hybridized carbons (Fsp3) is 0.857. The molecule has 0 heterocycles. The third-order valence-corrected chi connectivity index (χ3v) is 3.73. The van der Waals surface area contributed by atoms with Crippen LogP contribution in [0.4, 0.5) is 0 Å². The van der Waals surface area contributed by atoms with Crippen molar-refractivity contribution >= 4 is 0 Å². The van der Waals surface area contributed by atoms with Crippen molar-refractivity contribution in [2.45, 2.75) is 73.5 Å². The minimum Gasteiger partial charge on any atom is -0.289 e. The second-order valence-corrected chi connectivity index (χ2v) is 5.76. The van der Waals surface area contributed by atoms with E-state index in [-0.39, 0.29) is 0 Å². The molecule has 0 unspecified atom stereocenters. The predicted molar refractivity (Wildman–Crippen MR) is 69.6 cm³/mol. The maximum absolute atomic E-state index is 4.36. The van der Waals surface area contributed by atoms with Crippen molar-refractivity contribution in [3.63, 3.8) is 0 Å². The molecule has 15 heavy (non-hydrogen) atoms. The molecule has 0 radical (unpaired) electrons. The molecule has 90 valence electrons. The molecule has 1 nitrogen and oxygen atoms in total. The minimum atomic E-state index is 0.553. The number of hydrogen-bond acceptors (Lipinski definition) is 0. The predicted octanol–water partition coefficient (Wildman–Crippen LogP) is 4.20. The van der Waals surface area contributed by atoms with Crippen molar-refractivity contribution in [3.8, 4) is 0 Å². The second kappa shape index (κ2) is 5.16. The van der Waals surface area contributed by atoms with Crippen LogP contribution in [0.3, 0.4) is 0 Å². The third-order valence-electron chi connectivity index (χ3n) is 3.73. The van der Waals surface area contributed by atoms with E-state index in [9.17, 15) is 0 Å². The molecular formula is C14H30N+. The number of hydrogen-bond donors (Lipinski definition) is 0. The summed E-state index contributed by atoms with van der Waals surface area (Å²) in [5.74, 6) is 0.553. The summed E-state index contributed by atoms with van der Waals surface area (Å²) in [7, 11) is 0. The zero-order valence-corrected chi connectivity index (χ0v) is 12.0. The quantitative estimate of drug-likeness (QED) is 0.599. The van der Waals surface area contributed by atoms with E-state index in [2.05, 4.69) is 62.0 Å². The Labute approximate surface area is 96.8 Å². The van der Waals surface area contributed by atoms with Crippen LogP contribution < -0.4 is 0 Å². The normalized spacial score (nSPS) is 13.3. The first-order valence-corrected chi connectivity index (χ1v) is 6.26. The topological polar surface area (TPSA) is 0 Å². The van der Waals surface area contributed by atoms with Crippen molar-refractivity contribution in [2.75, 3.05) is 0 Å². The van der Waals surface area contributed by atoms with Gasteiger partial charge in [0.25, 0.3) is 0 Å². The Morgan fingerprint density at radius 2 is 1.00 bits per heavy atom. The van der Waals surface area contributed by atoms with E-state index in [1.54, 1.807) is 0 Å². The molecule has 0 aliphatic heterocycles. The largest absolute Gasteiger partial charge is 0.289 e. The zero-order chi connectivity index (χ0) is 12.4. The van der Waals surface area contributed by atoms with Crippen molar-refractivity contribution < 1.29 is 4.48 Å². The monoisotopic (exact) mass is 212 g/mol. The summed E-state index contributed by atoms with van der Waals surface area (Å²) >= 11 is 0. The van der Waals surface area contributed by atoms with Crippen LogP contribution in [-0.2, 0) is 0 Å². The molecule has 0 saturated carbocycles. The molecular weight excluding hydrogens is 182 g/mol. The van der Waals surface area contributed by atoms with Gasteiger partial charge in [0.15, 0.2) is 0 Å². The van der Waals surface area contributed by atoms with Crippen LogP contribution in [0.15, 0.2) is 12.3 Å². The molecule has 0 aromatic heterocycles. The average molecular weight is 212 g/mol. The van der Waals surface area contributed by atoms with Crippen molar-refractivity contribution in [1.29, 1.82) is 0 Å². The van der Waals surface area contributed by atoms with Crippen LogP contribution in [0.5, 0.6) is 0 Å². The molecule has 1 heteroatoms. The van der Waals surface area contributed by atoms with Crippen LogP contribution >= 0.6 is 0 Å². The van der Waals surface area contributed by atoms with Gasteiger partial charge in [-0.05, 0) is 48.1 Å². The third kappa shape index (κ3) is 2.44. The van der Waals surface area contributed by atoms with E-state index >= 15 is 0 Å². The molecule has 0 amide bonds. The summed E-state index contributed by atoms with van der Waals surface area (Å²) in [6.45, 7) is 22.7. The van der Waals surface area contributed by atoms with Crippen molar-refractivity contribution in [1.82, 2.24) is 0 Å². The SMILES string of the molecule is C=C(C(C)C)[N+](C(C)C)(C(C)C)C(C)C. The zero-order valence-electron chi connectivity index (χ0n) is 12.0. The Balaban J connectivity index is 5.43. The molecule has 0 aromatic carbocycles. The lowest BCUT2D eigenvalue weighted by atomic mass is 9.98. The maximum atomic E-state index is 4.36. The summed E-state index contributed by atoms with van der Waals surface area (Å²) in [6, 6.07) is 1.79. The van der Waals surface area contributed by atoms with Gasteiger partial charge in [-0.2, -0.15) is 0 Å².